The Morgan fingerprint density at radius 3 is 2.43 bits per heavy atom. The Morgan fingerprint density at radius 2 is 1.76 bits per heavy atom. The van der Waals surface area contributed by atoms with E-state index < -0.39 is 5.82 Å². The van der Waals surface area contributed by atoms with Crippen molar-refractivity contribution in [1.29, 1.82) is 0 Å². The zero-order chi connectivity index (χ0) is 15.0. The van der Waals surface area contributed by atoms with Crippen molar-refractivity contribution in [2.24, 2.45) is 0 Å². The van der Waals surface area contributed by atoms with E-state index in [4.69, 9.17) is 5.73 Å². The van der Waals surface area contributed by atoms with Crippen LogP contribution in [0.1, 0.15) is 11.1 Å². The first-order chi connectivity index (χ1) is 10.0. The minimum absolute atomic E-state index is 0.0717. The van der Waals surface area contributed by atoms with E-state index in [1.54, 1.807) is 10.7 Å². The quantitative estimate of drug-likeness (QED) is 0.734. The van der Waals surface area contributed by atoms with Crippen molar-refractivity contribution in [3.05, 3.63) is 53.3 Å². The number of nitrogens with two attached hydrogens (primary N) is 1. The van der Waals surface area contributed by atoms with Gasteiger partial charge >= 0.3 is 0 Å². The van der Waals surface area contributed by atoms with Crippen LogP contribution in [0.4, 0.5) is 10.1 Å². The van der Waals surface area contributed by atoms with Crippen LogP contribution in [0, 0.1) is 19.7 Å². The Hall–Kier alpha value is -2.76. The topological polar surface area (TPSA) is 69.6 Å². The molecule has 0 radical (unpaired) electrons. The molecule has 0 spiro atoms. The average molecular weight is 283 g/mol. The molecule has 0 bridgehead atoms. The molecule has 3 rings (SSSR count). The molecule has 0 saturated heterocycles. The second-order valence-electron chi connectivity index (χ2n) is 5.00. The van der Waals surface area contributed by atoms with E-state index in [0.717, 1.165) is 16.8 Å². The minimum Gasteiger partial charge on any atom is -0.396 e. The summed E-state index contributed by atoms with van der Waals surface area (Å²) in [5.74, 6) is 0.0656. The van der Waals surface area contributed by atoms with Crippen LogP contribution < -0.4 is 5.73 Å². The fraction of sp³-hybridized carbons (Fsp3) is 0.133. The van der Waals surface area contributed by atoms with E-state index in [9.17, 15) is 4.39 Å². The lowest BCUT2D eigenvalue weighted by Gasteiger charge is -2.07. The van der Waals surface area contributed by atoms with Gasteiger partial charge in [0.2, 0.25) is 0 Å². The summed E-state index contributed by atoms with van der Waals surface area (Å²) < 4.78 is 14.9. The van der Waals surface area contributed by atoms with Gasteiger partial charge in [-0.05, 0) is 65.7 Å². The summed E-state index contributed by atoms with van der Waals surface area (Å²) in [5, 5.41) is 11.7. The lowest BCUT2D eigenvalue weighted by molar-refractivity contribution is 0.632. The summed E-state index contributed by atoms with van der Waals surface area (Å²) in [6.45, 7) is 4.02. The van der Waals surface area contributed by atoms with Crippen LogP contribution in [0.2, 0.25) is 0 Å². The largest absolute Gasteiger partial charge is 0.396 e. The van der Waals surface area contributed by atoms with E-state index in [1.165, 1.54) is 12.1 Å². The molecule has 3 aromatic rings. The van der Waals surface area contributed by atoms with E-state index in [-0.39, 0.29) is 5.69 Å². The molecule has 106 valence electrons. The number of anilines is 1. The second-order valence-corrected chi connectivity index (χ2v) is 5.00. The van der Waals surface area contributed by atoms with Gasteiger partial charge in [0.05, 0.1) is 11.4 Å². The van der Waals surface area contributed by atoms with Crippen molar-refractivity contribution in [3.63, 3.8) is 0 Å². The standard InChI is InChI=1S/C15H14FN5/c1-9-5-10(2)7-12(6-9)21-15(18-19-20-21)11-3-4-13(16)14(17)8-11/h3-8H,17H2,1-2H3. The Morgan fingerprint density at radius 1 is 1.05 bits per heavy atom. The first-order valence-corrected chi connectivity index (χ1v) is 6.47. The van der Waals surface area contributed by atoms with Gasteiger partial charge in [0, 0.05) is 5.56 Å². The lowest BCUT2D eigenvalue weighted by atomic mass is 10.1. The van der Waals surface area contributed by atoms with Crippen molar-refractivity contribution >= 4 is 5.69 Å². The van der Waals surface area contributed by atoms with Crippen molar-refractivity contribution in [3.8, 4) is 17.1 Å². The molecule has 0 amide bonds. The Balaban J connectivity index is 2.14. The predicted octanol–water partition coefficient (Wildman–Crippen LogP) is 2.67. The maximum atomic E-state index is 13.3. The summed E-state index contributed by atoms with van der Waals surface area (Å²) in [6, 6.07) is 10.5. The molecule has 2 N–H and O–H groups in total. The molecule has 0 aliphatic carbocycles. The van der Waals surface area contributed by atoms with E-state index >= 15 is 0 Å². The number of nitrogens with zero attached hydrogens (tertiary/aromatic N) is 4. The molecule has 2 aromatic carbocycles. The fourth-order valence-electron chi connectivity index (χ4n) is 2.30. The number of hydrogen-bond acceptors (Lipinski definition) is 4. The van der Waals surface area contributed by atoms with Crippen molar-refractivity contribution in [1.82, 2.24) is 20.2 Å². The third-order valence-electron chi connectivity index (χ3n) is 3.17. The van der Waals surface area contributed by atoms with Gasteiger partial charge in [-0.25, -0.2) is 4.39 Å². The summed E-state index contributed by atoms with van der Waals surface area (Å²) in [7, 11) is 0. The Labute approximate surface area is 121 Å². The second kappa shape index (κ2) is 4.97. The van der Waals surface area contributed by atoms with Gasteiger partial charge < -0.3 is 5.73 Å². The van der Waals surface area contributed by atoms with Gasteiger partial charge in [0.25, 0.3) is 0 Å². The molecule has 6 heteroatoms. The monoisotopic (exact) mass is 283 g/mol. The highest BCUT2D eigenvalue weighted by atomic mass is 19.1. The van der Waals surface area contributed by atoms with Crippen molar-refractivity contribution in [2.75, 3.05) is 5.73 Å². The van der Waals surface area contributed by atoms with E-state index in [0.29, 0.717) is 11.4 Å². The first-order valence-electron chi connectivity index (χ1n) is 6.47. The molecule has 21 heavy (non-hydrogen) atoms. The number of benzene rings is 2. The van der Waals surface area contributed by atoms with Gasteiger partial charge in [-0.1, -0.05) is 6.07 Å². The van der Waals surface area contributed by atoms with Crippen LogP contribution in [-0.2, 0) is 0 Å². The summed E-state index contributed by atoms with van der Waals surface area (Å²) in [6.07, 6.45) is 0. The normalized spacial score (nSPS) is 10.8. The first kappa shape index (κ1) is 13.2. The Bertz CT molecular complexity index is 789. The minimum atomic E-state index is -0.454. The van der Waals surface area contributed by atoms with Crippen molar-refractivity contribution in [2.45, 2.75) is 13.8 Å². The van der Waals surface area contributed by atoms with Crippen LogP contribution in [0.15, 0.2) is 36.4 Å². The van der Waals surface area contributed by atoms with Gasteiger partial charge in [0.1, 0.15) is 5.82 Å². The van der Waals surface area contributed by atoms with Gasteiger partial charge in [-0.2, -0.15) is 4.68 Å². The van der Waals surface area contributed by atoms with Crippen LogP contribution in [0.3, 0.4) is 0 Å². The molecule has 0 unspecified atom stereocenters. The molecule has 1 aromatic heterocycles. The molecule has 0 saturated carbocycles. The third-order valence-corrected chi connectivity index (χ3v) is 3.17. The molecular formula is C15H14FN5. The molecule has 5 nitrogen and oxygen atoms in total. The third kappa shape index (κ3) is 2.47. The van der Waals surface area contributed by atoms with E-state index in [1.807, 2.05) is 26.0 Å². The maximum Gasteiger partial charge on any atom is 0.187 e. The number of halogens is 1. The fourth-order valence-corrected chi connectivity index (χ4v) is 2.30. The van der Waals surface area contributed by atoms with Gasteiger partial charge in [-0.3, -0.25) is 0 Å². The molecule has 1 heterocycles. The number of rotatable bonds is 2. The highest BCUT2D eigenvalue weighted by Crippen LogP contribution is 2.23. The van der Waals surface area contributed by atoms with Crippen LogP contribution >= 0.6 is 0 Å². The highest BCUT2D eigenvalue weighted by molar-refractivity contribution is 5.63. The average Bonchev–Trinajstić information content (AvgIpc) is 2.90. The smallest absolute Gasteiger partial charge is 0.187 e. The van der Waals surface area contributed by atoms with Crippen LogP contribution in [-0.4, -0.2) is 20.2 Å². The summed E-state index contributed by atoms with van der Waals surface area (Å²) in [5.41, 5.74) is 9.44. The van der Waals surface area contributed by atoms with Crippen LogP contribution in [0.5, 0.6) is 0 Å². The van der Waals surface area contributed by atoms with E-state index in [2.05, 4.69) is 21.6 Å². The number of hydrogen-bond donors (Lipinski definition) is 1. The zero-order valence-electron chi connectivity index (χ0n) is 11.7. The Kier molecular flexibility index (Phi) is 3.13. The maximum absolute atomic E-state index is 13.3. The van der Waals surface area contributed by atoms with Gasteiger partial charge in [0.15, 0.2) is 5.82 Å². The highest BCUT2D eigenvalue weighted by Gasteiger charge is 2.12. The summed E-state index contributed by atoms with van der Waals surface area (Å²) in [4.78, 5) is 0. The number of nitrogen functional groups attached to an aromatic ring is 1. The lowest BCUT2D eigenvalue weighted by Crippen LogP contribution is -2.01. The molecule has 0 atom stereocenters. The molecule has 0 aliphatic heterocycles. The number of tetrazole rings is 1. The molecular weight excluding hydrogens is 269 g/mol. The molecule has 0 aliphatic rings. The van der Waals surface area contributed by atoms with Crippen LogP contribution in [0.25, 0.3) is 17.1 Å². The number of aromatic nitrogens is 4. The predicted molar refractivity (Wildman–Crippen MR) is 78.4 cm³/mol. The van der Waals surface area contributed by atoms with Crippen molar-refractivity contribution < 1.29 is 4.39 Å². The SMILES string of the molecule is Cc1cc(C)cc(-n2nnnc2-c2ccc(F)c(N)c2)c1. The molecule has 0 fully saturated rings. The van der Waals surface area contributed by atoms with Gasteiger partial charge in [-0.15, -0.1) is 5.10 Å². The summed E-state index contributed by atoms with van der Waals surface area (Å²) >= 11 is 0. The zero-order valence-corrected chi connectivity index (χ0v) is 11.7. The number of aryl methyl sites for hydroxylation is 2.